The first kappa shape index (κ1) is 17.4. The highest BCUT2D eigenvalue weighted by molar-refractivity contribution is 7.89. The van der Waals surface area contributed by atoms with E-state index in [1.165, 1.54) is 12.5 Å². The SMILES string of the molecule is CCS(=O)(=O)NCCNS(=O)(=O)c1ccc2c(c1)CCCC2. The van der Waals surface area contributed by atoms with Gasteiger partial charge in [0.05, 0.1) is 10.6 Å². The van der Waals surface area contributed by atoms with Gasteiger partial charge in [-0.3, -0.25) is 0 Å². The Morgan fingerprint density at radius 2 is 1.59 bits per heavy atom. The van der Waals surface area contributed by atoms with Gasteiger partial charge < -0.3 is 0 Å². The van der Waals surface area contributed by atoms with E-state index in [4.69, 9.17) is 0 Å². The van der Waals surface area contributed by atoms with Gasteiger partial charge in [0.25, 0.3) is 0 Å². The predicted octanol–water partition coefficient (Wildman–Crippen LogP) is 0.783. The lowest BCUT2D eigenvalue weighted by atomic mass is 9.92. The molecule has 0 heterocycles. The molecule has 0 unspecified atom stereocenters. The average Bonchev–Trinajstić information content (AvgIpc) is 2.51. The van der Waals surface area contributed by atoms with Crippen molar-refractivity contribution < 1.29 is 16.8 Å². The Balaban J connectivity index is 1.98. The Labute approximate surface area is 132 Å². The molecule has 0 radical (unpaired) electrons. The summed E-state index contributed by atoms with van der Waals surface area (Å²) >= 11 is 0. The molecule has 2 rings (SSSR count). The largest absolute Gasteiger partial charge is 0.240 e. The third-order valence-electron chi connectivity index (χ3n) is 3.75. The molecule has 22 heavy (non-hydrogen) atoms. The van der Waals surface area contributed by atoms with E-state index in [2.05, 4.69) is 9.44 Å². The maximum atomic E-state index is 12.2. The third-order valence-corrected chi connectivity index (χ3v) is 6.61. The van der Waals surface area contributed by atoms with Gasteiger partial charge in [-0.25, -0.2) is 26.3 Å². The van der Waals surface area contributed by atoms with Crippen molar-refractivity contribution in [2.24, 2.45) is 0 Å². The second-order valence-corrected chi connectivity index (χ2v) is 9.20. The maximum absolute atomic E-state index is 12.2. The second-order valence-electron chi connectivity index (χ2n) is 5.33. The molecule has 0 saturated carbocycles. The highest BCUT2D eigenvalue weighted by Crippen LogP contribution is 2.23. The van der Waals surface area contributed by atoms with Crippen molar-refractivity contribution in [2.45, 2.75) is 37.5 Å². The summed E-state index contributed by atoms with van der Waals surface area (Å²) in [7, 11) is -6.90. The van der Waals surface area contributed by atoms with E-state index in [1.807, 2.05) is 6.07 Å². The van der Waals surface area contributed by atoms with Crippen molar-refractivity contribution in [3.63, 3.8) is 0 Å². The topological polar surface area (TPSA) is 92.3 Å². The van der Waals surface area contributed by atoms with Crippen LogP contribution in [-0.2, 0) is 32.9 Å². The van der Waals surface area contributed by atoms with Gasteiger partial charge in [-0.2, -0.15) is 0 Å². The van der Waals surface area contributed by atoms with Crippen LogP contribution in [0.3, 0.4) is 0 Å². The highest BCUT2D eigenvalue weighted by Gasteiger charge is 2.17. The van der Waals surface area contributed by atoms with Crippen LogP contribution in [0.25, 0.3) is 0 Å². The van der Waals surface area contributed by atoms with Crippen LogP contribution < -0.4 is 9.44 Å². The van der Waals surface area contributed by atoms with Crippen LogP contribution in [0.4, 0.5) is 0 Å². The molecule has 2 N–H and O–H groups in total. The van der Waals surface area contributed by atoms with Gasteiger partial charge in [0.15, 0.2) is 0 Å². The molecule has 0 fully saturated rings. The summed E-state index contributed by atoms with van der Waals surface area (Å²) < 4.78 is 51.7. The first-order valence-corrected chi connectivity index (χ1v) is 10.6. The molecule has 124 valence electrons. The van der Waals surface area contributed by atoms with Gasteiger partial charge in [-0.05, 0) is 55.9 Å². The van der Waals surface area contributed by atoms with Crippen LogP contribution in [0.1, 0.15) is 30.9 Å². The molecule has 0 saturated heterocycles. The van der Waals surface area contributed by atoms with Crippen molar-refractivity contribution in [1.29, 1.82) is 0 Å². The Morgan fingerprint density at radius 1 is 0.955 bits per heavy atom. The number of rotatable bonds is 7. The van der Waals surface area contributed by atoms with Gasteiger partial charge in [0.1, 0.15) is 0 Å². The molecule has 1 aliphatic carbocycles. The molecule has 0 atom stereocenters. The summed E-state index contributed by atoms with van der Waals surface area (Å²) in [6, 6.07) is 5.22. The summed E-state index contributed by atoms with van der Waals surface area (Å²) in [5.41, 5.74) is 2.32. The number of nitrogens with one attached hydrogen (secondary N) is 2. The molecule has 0 amide bonds. The zero-order valence-corrected chi connectivity index (χ0v) is 14.3. The first-order chi connectivity index (χ1) is 10.3. The minimum atomic E-state index is -3.60. The number of fused-ring (bicyclic) bond motifs is 1. The normalized spacial score (nSPS) is 15.5. The van der Waals surface area contributed by atoms with E-state index < -0.39 is 20.0 Å². The van der Waals surface area contributed by atoms with Gasteiger partial charge in [-0.1, -0.05) is 6.07 Å². The molecule has 0 aliphatic heterocycles. The molecule has 0 bridgehead atoms. The number of benzene rings is 1. The monoisotopic (exact) mass is 346 g/mol. The lowest BCUT2D eigenvalue weighted by molar-refractivity contribution is 0.571. The zero-order chi connectivity index (χ0) is 16.2. The molecule has 1 aromatic carbocycles. The molecular weight excluding hydrogens is 324 g/mol. The third kappa shape index (κ3) is 4.52. The van der Waals surface area contributed by atoms with Crippen LogP contribution in [0.5, 0.6) is 0 Å². The molecule has 6 nitrogen and oxygen atoms in total. The first-order valence-electron chi connectivity index (χ1n) is 7.43. The molecule has 0 spiro atoms. The van der Waals surface area contributed by atoms with E-state index in [-0.39, 0.29) is 23.7 Å². The predicted molar refractivity (Wildman–Crippen MR) is 85.7 cm³/mol. The Kier molecular flexibility index (Phi) is 5.60. The van der Waals surface area contributed by atoms with Crippen molar-refractivity contribution in [2.75, 3.05) is 18.8 Å². The number of aryl methyl sites for hydroxylation is 2. The molecular formula is C14H22N2O4S2. The summed E-state index contributed by atoms with van der Waals surface area (Å²) in [5.74, 6) is -0.0232. The summed E-state index contributed by atoms with van der Waals surface area (Å²) in [5, 5.41) is 0. The quantitative estimate of drug-likeness (QED) is 0.714. The van der Waals surface area contributed by atoms with E-state index in [0.717, 1.165) is 31.2 Å². The fraction of sp³-hybridized carbons (Fsp3) is 0.571. The maximum Gasteiger partial charge on any atom is 0.240 e. The molecule has 0 aromatic heterocycles. The van der Waals surface area contributed by atoms with Crippen molar-refractivity contribution in [3.05, 3.63) is 29.3 Å². The smallest absolute Gasteiger partial charge is 0.214 e. The van der Waals surface area contributed by atoms with Gasteiger partial charge >= 0.3 is 0 Å². The number of sulfonamides is 2. The van der Waals surface area contributed by atoms with Gasteiger partial charge in [-0.15, -0.1) is 0 Å². The minimum Gasteiger partial charge on any atom is -0.214 e. The van der Waals surface area contributed by atoms with Crippen LogP contribution >= 0.6 is 0 Å². The van der Waals surface area contributed by atoms with Crippen molar-refractivity contribution >= 4 is 20.0 Å². The standard InChI is InChI=1S/C14H22N2O4S2/c1-2-21(17,18)15-9-10-16-22(19,20)14-8-7-12-5-3-4-6-13(12)11-14/h7-8,11,15-16H,2-6,9-10H2,1H3. The Morgan fingerprint density at radius 3 is 2.27 bits per heavy atom. The van der Waals surface area contributed by atoms with Crippen LogP contribution in [0.2, 0.25) is 0 Å². The number of hydrogen-bond acceptors (Lipinski definition) is 4. The fourth-order valence-electron chi connectivity index (χ4n) is 2.45. The van der Waals surface area contributed by atoms with Crippen LogP contribution in [0.15, 0.2) is 23.1 Å². The fourth-order valence-corrected chi connectivity index (χ4v) is 4.15. The zero-order valence-electron chi connectivity index (χ0n) is 12.6. The van der Waals surface area contributed by atoms with Gasteiger partial charge in [0, 0.05) is 13.1 Å². The van der Waals surface area contributed by atoms with Crippen molar-refractivity contribution in [3.8, 4) is 0 Å². The highest BCUT2D eigenvalue weighted by atomic mass is 32.2. The lowest BCUT2D eigenvalue weighted by Gasteiger charge is -2.16. The number of hydrogen-bond donors (Lipinski definition) is 2. The lowest BCUT2D eigenvalue weighted by Crippen LogP contribution is -2.35. The summed E-state index contributed by atoms with van der Waals surface area (Å²) in [4.78, 5) is 0.242. The van der Waals surface area contributed by atoms with Crippen LogP contribution in [-0.4, -0.2) is 35.7 Å². The van der Waals surface area contributed by atoms with E-state index >= 15 is 0 Å². The van der Waals surface area contributed by atoms with E-state index in [9.17, 15) is 16.8 Å². The van der Waals surface area contributed by atoms with E-state index in [1.54, 1.807) is 12.1 Å². The second kappa shape index (κ2) is 7.08. The van der Waals surface area contributed by atoms with E-state index in [0.29, 0.717) is 0 Å². The molecule has 8 heteroatoms. The van der Waals surface area contributed by atoms with Crippen LogP contribution in [0, 0.1) is 0 Å². The Bertz CT molecular complexity index is 727. The average molecular weight is 346 g/mol. The summed E-state index contributed by atoms with van der Waals surface area (Å²) in [6.07, 6.45) is 4.15. The van der Waals surface area contributed by atoms with Crippen molar-refractivity contribution in [1.82, 2.24) is 9.44 Å². The minimum absolute atomic E-state index is 0.0232. The Hall–Kier alpha value is -0.960. The molecule has 1 aromatic rings. The van der Waals surface area contributed by atoms with Gasteiger partial charge in [0.2, 0.25) is 20.0 Å². The summed E-state index contributed by atoms with van der Waals surface area (Å²) in [6.45, 7) is 1.60. The molecule has 1 aliphatic rings.